The summed E-state index contributed by atoms with van der Waals surface area (Å²) in [6, 6.07) is 6.00. The highest BCUT2D eigenvalue weighted by Crippen LogP contribution is 2.25. The van der Waals surface area contributed by atoms with Crippen molar-refractivity contribution in [2.75, 3.05) is 18.1 Å². The molecular formula is C20H27N5O2S. The lowest BCUT2D eigenvalue weighted by molar-refractivity contribution is -0.126. The van der Waals surface area contributed by atoms with Gasteiger partial charge in [0.05, 0.1) is 5.75 Å². The number of rotatable bonds is 8. The van der Waals surface area contributed by atoms with Gasteiger partial charge in [-0.15, -0.1) is 10.2 Å². The van der Waals surface area contributed by atoms with Crippen LogP contribution in [0.2, 0.25) is 0 Å². The summed E-state index contributed by atoms with van der Waals surface area (Å²) in [7, 11) is 0. The Kier molecular flexibility index (Phi) is 6.61. The average Bonchev–Trinajstić information content (AvgIpc) is 3.31. The topological polar surface area (TPSA) is 86.3 Å². The van der Waals surface area contributed by atoms with Crippen molar-refractivity contribution < 1.29 is 9.53 Å². The van der Waals surface area contributed by atoms with Crippen molar-refractivity contribution in [2.24, 2.45) is 0 Å². The maximum atomic E-state index is 12.6. The molecule has 1 aromatic heterocycles. The van der Waals surface area contributed by atoms with Crippen LogP contribution in [0.25, 0.3) is 0 Å². The van der Waals surface area contributed by atoms with Gasteiger partial charge in [0, 0.05) is 12.2 Å². The second kappa shape index (κ2) is 9.14. The number of aromatic nitrogens is 3. The second-order valence-electron chi connectivity index (χ2n) is 6.79. The van der Waals surface area contributed by atoms with E-state index in [9.17, 15) is 4.79 Å². The largest absolute Gasteiger partial charge is 0.485 e. The molecule has 2 aromatic rings. The molecule has 2 N–H and O–H groups in total. The van der Waals surface area contributed by atoms with Crippen LogP contribution in [0.1, 0.15) is 43.1 Å². The molecule has 0 aliphatic heterocycles. The maximum Gasteiger partial charge on any atom is 0.237 e. The van der Waals surface area contributed by atoms with Gasteiger partial charge in [0.15, 0.2) is 5.82 Å². The van der Waals surface area contributed by atoms with Crippen molar-refractivity contribution in [3.05, 3.63) is 46.9 Å². The number of para-hydroxylation sites is 1. The number of nitrogens with two attached hydrogens (primary N) is 1. The Morgan fingerprint density at radius 1 is 1.32 bits per heavy atom. The smallest absolute Gasteiger partial charge is 0.237 e. The Balaban J connectivity index is 1.59. The Labute approximate surface area is 169 Å². The van der Waals surface area contributed by atoms with E-state index in [0.29, 0.717) is 17.5 Å². The molecule has 1 heterocycles. The van der Waals surface area contributed by atoms with E-state index in [1.54, 1.807) is 0 Å². The summed E-state index contributed by atoms with van der Waals surface area (Å²) in [5.74, 6) is 7.81. The zero-order valence-corrected chi connectivity index (χ0v) is 17.5. The zero-order chi connectivity index (χ0) is 20.1. The van der Waals surface area contributed by atoms with Crippen molar-refractivity contribution in [1.29, 1.82) is 0 Å². The molecule has 28 heavy (non-hydrogen) atoms. The molecule has 0 fully saturated rings. The first-order valence-corrected chi connectivity index (χ1v) is 10.5. The quantitative estimate of drug-likeness (QED) is 0.540. The standard InChI is InChI=1S/C20H27N5O2S/c1-4-24(16-10-5-6-11-16)18(26)13-28-20-23-22-17(25(20)21)12-27-19-14(2)8-7-9-15(19)3/h7-10H,4-6,11-13,21H2,1-3H3. The lowest BCUT2D eigenvalue weighted by Crippen LogP contribution is -2.31. The summed E-state index contributed by atoms with van der Waals surface area (Å²) >= 11 is 1.30. The molecule has 3 rings (SSSR count). The monoisotopic (exact) mass is 401 g/mol. The number of thioether (sulfide) groups is 1. The Morgan fingerprint density at radius 3 is 2.71 bits per heavy atom. The molecule has 0 saturated carbocycles. The van der Waals surface area contributed by atoms with Crippen LogP contribution in [0.15, 0.2) is 35.1 Å². The molecule has 1 aromatic carbocycles. The molecule has 1 amide bonds. The first-order valence-electron chi connectivity index (χ1n) is 9.51. The number of amides is 1. The molecule has 1 aliphatic rings. The molecule has 7 nitrogen and oxygen atoms in total. The summed E-state index contributed by atoms with van der Waals surface area (Å²) < 4.78 is 7.30. The number of hydrogen-bond acceptors (Lipinski definition) is 6. The summed E-state index contributed by atoms with van der Waals surface area (Å²) in [6.45, 7) is 6.90. The Morgan fingerprint density at radius 2 is 2.07 bits per heavy atom. The molecule has 0 unspecified atom stereocenters. The number of ether oxygens (including phenoxy) is 1. The van der Waals surface area contributed by atoms with E-state index in [0.717, 1.165) is 41.8 Å². The van der Waals surface area contributed by atoms with E-state index in [-0.39, 0.29) is 18.3 Å². The Bertz CT molecular complexity index is 857. The molecule has 150 valence electrons. The highest BCUT2D eigenvalue weighted by Gasteiger charge is 2.20. The normalized spacial score (nSPS) is 13.5. The van der Waals surface area contributed by atoms with Crippen LogP contribution in [0.4, 0.5) is 0 Å². The first-order chi connectivity index (χ1) is 13.5. The zero-order valence-electron chi connectivity index (χ0n) is 16.6. The lowest BCUT2D eigenvalue weighted by Gasteiger charge is -2.21. The van der Waals surface area contributed by atoms with Crippen molar-refractivity contribution in [3.63, 3.8) is 0 Å². The van der Waals surface area contributed by atoms with Gasteiger partial charge in [-0.05, 0) is 51.2 Å². The number of aryl methyl sites for hydroxylation is 2. The van der Waals surface area contributed by atoms with Crippen LogP contribution in [-0.2, 0) is 11.4 Å². The third-order valence-corrected chi connectivity index (χ3v) is 5.72. The van der Waals surface area contributed by atoms with Crippen LogP contribution in [-0.4, -0.2) is 38.0 Å². The minimum Gasteiger partial charge on any atom is -0.485 e. The number of hydrogen-bond donors (Lipinski definition) is 1. The fourth-order valence-electron chi connectivity index (χ4n) is 3.31. The van der Waals surface area contributed by atoms with E-state index in [4.69, 9.17) is 10.6 Å². The van der Waals surface area contributed by atoms with E-state index in [2.05, 4.69) is 16.3 Å². The summed E-state index contributed by atoms with van der Waals surface area (Å²) in [6.07, 6.45) is 5.29. The number of carbonyl (C=O) groups excluding carboxylic acids is 1. The minimum absolute atomic E-state index is 0.0667. The third-order valence-electron chi connectivity index (χ3n) is 4.80. The molecule has 8 heteroatoms. The second-order valence-corrected chi connectivity index (χ2v) is 7.74. The highest BCUT2D eigenvalue weighted by atomic mass is 32.2. The van der Waals surface area contributed by atoms with Gasteiger partial charge in [0.25, 0.3) is 0 Å². The predicted octanol–water partition coefficient (Wildman–Crippen LogP) is 3.20. The summed E-state index contributed by atoms with van der Waals surface area (Å²) in [5.41, 5.74) is 3.25. The summed E-state index contributed by atoms with van der Waals surface area (Å²) in [4.78, 5) is 14.4. The van der Waals surface area contributed by atoms with Crippen LogP contribution in [0.3, 0.4) is 0 Å². The molecule has 0 bridgehead atoms. The molecule has 1 aliphatic carbocycles. The number of nitrogens with zero attached hydrogens (tertiary/aromatic N) is 4. The van der Waals surface area contributed by atoms with Crippen LogP contribution < -0.4 is 10.6 Å². The van der Waals surface area contributed by atoms with Crippen molar-refractivity contribution in [2.45, 2.75) is 51.8 Å². The van der Waals surface area contributed by atoms with Gasteiger partial charge in [-0.1, -0.05) is 36.0 Å². The molecule has 0 atom stereocenters. The molecule has 0 radical (unpaired) electrons. The first kappa shape index (κ1) is 20.3. The predicted molar refractivity (Wildman–Crippen MR) is 110 cm³/mol. The van der Waals surface area contributed by atoms with Gasteiger partial charge in [-0.25, -0.2) is 4.68 Å². The lowest BCUT2D eigenvalue weighted by atomic mass is 10.1. The number of nitrogen functional groups attached to an aromatic ring is 1. The fraction of sp³-hybridized carbons (Fsp3) is 0.450. The molecule has 0 saturated heterocycles. The third kappa shape index (κ3) is 4.49. The number of carbonyl (C=O) groups is 1. The van der Waals surface area contributed by atoms with E-state index in [1.807, 2.05) is 43.9 Å². The van der Waals surface area contributed by atoms with E-state index < -0.39 is 0 Å². The van der Waals surface area contributed by atoms with Gasteiger partial charge < -0.3 is 15.5 Å². The van der Waals surface area contributed by atoms with Gasteiger partial charge in [0.2, 0.25) is 11.1 Å². The highest BCUT2D eigenvalue weighted by molar-refractivity contribution is 7.99. The maximum absolute atomic E-state index is 12.6. The number of allylic oxidation sites excluding steroid dienone is 2. The van der Waals surface area contributed by atoms with Gasteiger partial charge in [-0.2, -0.15) is 0 Å². The SMILES string of the molecule is CCN(C(=O)CSc1nnc(COc2c(C)cccc2C)n1N)C1=CCCC1. The fourth-order valence-corrected chi connectivity index (χ4v) is 4.06. The van der Waals surface area contributed by atoms with Crippen molar-refractivity contribution in [3.8, 4) is 5.75 Å². The Hall–Kier alpha value is -2.48. The van der Waals surface area contributed by atoms with Gasteiger partial charge >= 0.3 is 0 Å². The van der Waals surface area contributed by atoms with E-state index >= 15 is 0 Å². The van der Waals surface area contributed by atoms with Crippen molar-refractivity contribution in [1.82, 2.24) is 19.8 Å². The molecule has 0 spiro atoms. The van der Waals surface area contributed by atoms with E-state index in [1.165, 1.54) is 16.4 Å². The van der Waals surface area contributed by atoms with Crippen LogP contribution >= 0.6 is 11.8 Å². The van der Waals surface area contributed by atoms with Crippen LogP contribution in [0, 0.1) is 13.8 Å². The minimum atomic E-state index is 0.0667. The number of benzene rings is 1. The molecular weight excluding hydrogens is 374 g/mol. The average molecular weight is 402 g/mol. The summed E-state index contributed by atoms with van der Waals surface area (Å²) in [5, 5.41) is 8.73. The van der Waals surface area contributed by atoms with Gasteiger partial charge in [0.1, 0.15) is 12.4 Å². The van der Waals surface area contributed by atoms with Gasteiger partial charge in [-0.3, -0.25) is 4.79 Å². The van der Waals surface area contributed by atoms with Crippen LogP contribution in [0.5, 0.6) is 5.75 Å². The van der Waals surface area contributed by atoms with Crippen molar-refractivity contribution >= 4 is 17.7 Å².